The third kappa shape index (κ3) is 4.60. The Bertz CT molecular complexity index is 740. The van der Waals surface area contributed by atoms with Crippen molar-refractivity contribution in [3.63, 3.8) is 0 Å². The number of alkyl halides is 1. The molecular formula is C22H31FN4O2. The second-order valence-electron chi connectivity index (χ2n) is 8.71. The first-order valence-corrected chi connectivity index (χ1v) is 10.9. The average Bonchev–Trinajstić information content (AvgIpc) is 2.76. The van der Waals surface area contributed by atoms with Crippen LogP contribution in [0.1, 0.15) is 43.4 Å². The van der Waals surface area contributed by atoms with Gasteiger partial charge in [-0.1, -0.05) is 6.07 Å². The highest BCUT2D eigenvalue weighted by atomic mass is 19.1. The third-order valence-corrected chi connectivity index (χ3v) is 6.72. The first-order chi connectivity index (χ1) is 14.1. The molecule has 0 aromatic carbocycles. The monoisotopic (exact) mass is 402 g/mol. The summed E-state index contributed by atoms with van der Waals surface area (Å²) in [5.74, 6) is 1.16. The Hall–Kier alpha value is -2.02. The number of nitrogens with one attached hydrogen (secondary N) is 1. The van der Waals surface area contributed by atoms with Gasteiger partial charge in [-0.05, 0) is 49.7 Å². The Kier molecular flexibility index (Phi) is 6.13. The van der Waals surface area contributed by atoms with Crippen molar-refractivity contribution in [2.24, 2.45) is 5.92 Å². The largest absolute Gasteiger partial charge is 0.370 e. The number of rotatable bonds is 5. The number of aromatic nitrogens is 1. The van der Waals surface area contributed by atoms with E-state index in [4.69, 9.17) is 4.98 Å². The highest BCUT2D eigenvalue weighted by molar-refractivity contribution is 5.85. The molecule has 1 amide bonds. The molecule has 2 fully saturated rings. The highest BCUT2D eigenvalue weighted by Crippen LogP contribution is 2.31. The van der Waals surface area contributed by atoms with Crippen LogP contribution >= 0.6 is 0 Å². The minimum atomic E-state index is -1.77. The van der Waals surface area contributed by atoms with Crippen molar-refractivity contribution in [2.75, 3.05) is 44.6 Å². The maximum absolute atomic E-state index is 15.2. The average molecular weight is 403 g/mol. The van der Waals surface area contributed by atoms with Gasteiger partial charge in [0.1, 0.15) is 12.1 Å². The molecule has 0 spiro atoms. The summed E-state index contributed by atoms with van der Waals surface area (Å²) in [6.45, 7) is 3.49. The molecule has 158 valence electrons. The van der Waals surface area contributed by atoms with E-state index in [0.29, 0.717) is 38.6 Å². The van der Waals surface area contributed by atoms with Gasteiger partial charge < -0.3 is 15.0 Å². The Morgan fingerprint density at radius 3 is 2.72 bits per heavy atom. The molecular weight excluding hydrogens is 371 g/mol. The molecule has 3 aliphatic heterocycles. The Balaban J connectivity index is 1.28. The summed E-state index contributed by atoms with van der Waals surface area (Å²) >= 11 is 0. The number of hydrogen-bond acceptors (Lipinski definition) is 5. The lowest BCUT2D eigenvalue weighted by Crippen LogP contribution is -2.54. The van der Waals surface area contributed by atoms with Gasteiger partial charge in [-0.3, -0.25) is 9.69 Å². The van der Waals surface area contributed by atoms with E-state index in [2.05, 4.69) is 17.4 Å². The molecule has 3 aliphatic rings. The standard InChI is InChI=1S/C22H31FN4O2/c23-22(7-12-26(13-8-22)14-15-28)21(29)27-10-5-17(6-11-27)16-19-4-3-18-2-1-9-24-20(18)25-19/h3-4,15,17H,1-2,5-14,16H2,(H,24,25). The van der Waals surface area contributed by atoms with Gasteiger partial charge in [-0.15, -0.1) is 0 Å². The molecule has 0 bridgehead atoms. The number of hydrogen-bond donors (Lipinski definition) is 1. The molecule has 29 heavy (non-hydrogen) atoms. The number of aryl methyl sites for hydroxylation is 1. The summed E-state index contributed by atoms with van der Waals surface area (Å²) in [5.41, 5.74) is 0.637. The number of fused-ring (bicyclic) bond motifs is 1. The zero-order chi connectivity index (χ0) is 20.3. The van der Waals surface area contributed by atoms with Crippen molar-refractivity contribution in [2.45, 2.75) is 50.6 Å². The normalized spacial score (nSPS) is 22.6. The summed E-state index contributed by atoms with van der Waals surface area (Å²) in [6.07, 6.45) is 6.16. The van der Waals surface area contributed by atoms with E-state index in [9.17, 15) is 9.59 Å². The van der Waals surface area contributed by atoms with E-state index >= 15 is 4.39 Å². The van der Waals surface area contributed by atoms with Gasteiger partial charge in [-0.2, -0.15) is 0 Å². The Morgan fingerprint density at radius 1 is 1.24 bits per heavy atom. The number of pyridine rings is 1. The van der Waals surface area contributed by atoms with Crippen molar-refractivity contribution in [3.8, 4) is 0 Å². The molecule has 4 rings (SSSR count). The number of anilines is 1. The summed E-state index contributed by atoms with van der Waals surface area (Å²) in [5, 5.41) is 3.39. The van der Waals surface area contributed by atoms with Gasteiger partial charge in [0.2, 0.25) is 0 Å². The molecule has 2 saturated heterocycles. The van der Waals surface area contributed by atoms with Gasteiger partial charge in [0.05, 0.1) is 6.54 Å². The number of carbonyl (C=O) groups excluding carboxylic acids is 2. The molecule has 0 unspecified atom stereocenters. The van der Waals surface area contributed by atoms with Crippen LogP contribution < -0.4 is 5.32 Å². The van der Waals surface area contributed by atoms with E-state index in [1.165, 1.54) is 5.56 Å². The van der Waals surface area contributed by atoms with Crippen LogP contribution in [0.15, 0.2) is 12.1 Å². The zero-order valence-corrected chi connectivity index (χ0v) is 17.0. The first kappa shape index (κ1) is 20.3. The number of likely N-dealkylation sites (tertiary alicyclic amines) is 2. The summed E-state index contributed by atoms with van der Waals surface area (Å²) in [4.78, 5) is 31.8. The molecule has 0 atom stereocenters. The topological polar surface area (TPSA) is 65.5 Å². The number of aldehydes is 1. The lowest BCUT2D eigenvalue weighted by atomic mass is 9.88. The number of carbonyl (C=O) groups is 2. The predicted octanol–water partition coefficient (Wildman–Crippen LogP) is 2.22. The molecule has 0 aliphatic carbocycles. The zero-order valence-electron chi connectivity index (χ0n) is 17.0. The van der Waals surface area contributed by atoms with Crippen LogP contribution in [-0.2, 0) is 22.4 Å². The van der Waals surface area contributed by atoms with Crippen LogP contribution in [0, 0.1) is 5.92 Å². The SMILES string of the molecule is O=CCN1CCC(F)(C(=O)N2CCC(Cc3ccc4c(n3)NCCC4)CC2)CC1. The molecule has 6 nitrogen and oxygen atoms in total. The van der Waals surface area contributed by atoms with Crippen LogP contribution in [0.4, 0.5) is 10.2 Å². The molecule has 7 heteroatoms. The van der Waals surface area contributed by atoms with Crippen molar-refractivity contribution in [1.82, 2.24) is 14.8 Å². The minimum absolute atomic E-state index is 0.186. The van der Waals surface area contributed by atoms with Crippen LogP contribution in [0.5, 0.6) is 0 Å². The number of nitrogens with zero attached hydrogens (tertiary/aromatic N) is 3. The summed E-state index contributed by atoms with van der Waals surface area (Å²) < 4.78 is 15.2. The second-order valence-corrected chi connectivity index (χ2v) is 8.71. The number of piperidine rings is 2. The van der Waals surface area contributed by atoms with Gasteiger partial charge in [0.15, 0.2) is 5.67 Å². The van der Waals surface area contributed by atoms with Crippen molar-refractivity contribution >= 4 is 18.0 Å². The van der Waals surface area contributed by atoms with E-state index in [0.717, 1.165) is 56.4 Å². The molecule has 1 aromatic heterocycles. The Labute approximate surface area is 171 Å². The third-order valence-electron chi connectivity index (χ3n) is 6.72. The summed E-state index contributed by atoms with van der Waals surface area (Å²) in [6, 6.07) is 4.32. The van der Waals surface area contributed by atoms with Crippen LogP contribution in [0.25, 0.3) is 0 Å². The van der Waals surface area contributed by atoms with E-state index < -0.39 is 5.67 Å². The van der Waals surface area contributed by atoms with Gasteiger partial charge in [-0.25, -0.2) is 9.37 Å². The van der Waals surface area contributed by atoms with Crippen LogP contribution in [-0.4, -0.2) is 71.9 Å². The fraction of sp³-hybridized carbons (Fsp3) is 0.682. The summed E-state index contributed by atoms with van der Waals surface area (Å²) in [7, 11) is 0. The highest BCUT2D eigenvalue weighted by Gasteiger charge is 2.44. The fourth-order valence-corrected chi connectivity index (χ4v) is 4.81. The van der Waals surface area contributed by atoms with E-state index in [1.807, 2.05) is 4.90 Å². The minimum Gasteiger partial charge on any atom is -0.370 e. The molecule has 4 heterocycles. The van der Waals surface area contributed by atoms with Gasteiger partial charge in [0, 0.05) is 51.3 Å². The second kappa shape index (κ2) is 8.78. The quantitative estimate of drug-likeness (QED) is 0.765. The maximum atomic E-state index is 15.2. The molecule has 1 aromatic rings. The smallest absolute Gasteiger partial charge is 0.260 e. The first-order valence-electron chi connectivity index (χ1n) is 10.9. The lowest BCUT2D eigenvalue weighted by Gasteiger charge is -2.40. The van der Waals surface area contributed by atoms with Crippen molar-refractivity contribution in [1.29, 1.82) is 0 Å². The predicted molar refractivity (Wildman–Crippen MR) is 110 cm³/mol. The van der Waals surface area contributed by atoms with Crippen molar-refractivity contribution in [3.05, 3.63) is 23.4 Å². The molecule has 0 saturated carbocycles. The van der Waals surface area contributed by atoms with Gasteiger partial charge >= 0.3 is 0 Å². The number of amides is 1. The van der Waals surface area contributed by atoms with E-state index in [-0.39, 0.29) is 18.7 Å². The Morgan fingerprint density at radius 2 is 2.00 bits per heavy atom. The van der Waals surface area contributed by atoms with Crippen LogP contribution in [0.3, 0.4) is 0 Å². The fourth-order valence-electron chi connectivity index (χ4n) is 4.81. The van der Waals surface area contributed by atoms with E-state index in [1.54, 1.807) is 4.90 Å². The van der Waals surface area contributed by atoms with Gasteiger partial charge in [0.25, 0.3) is 5.91 Å². The number of halogens is 1. The lowest BCUT2D eigenvalue weighted by molar-refractivity contribution is -0.148. The molecule has 1 N–H and O–H groups in total. The molecule has 0 radical (unpaired) electrons. The van der Waals surface area contributed by atoms with Crippen molar-refractivity contribution < 1.29 is 14.0 Å². The van der Waals surface area contributed by atoms with Crippen LogP contribution in [0.2, 0.25) is 0 Å². The maximum Gasteiger partial charge on any atom is 0.260 e.